The van der Waals surface area contributed by atoms with Crippen molar-refractivity contribution in [3.8, 4) is 0 Å². The molecule has 0 saturated heterocycles. The van der Waals surface area contributed by atoms with Crippen molar-refractivity contribution in [2.45, 2.75) is 46.1 Å². The fourth-order valence-corrected chi connectivity index (χ4v) is 3.88. The smallest absolute Gasteiger partial charge is 0.261 e. The first-order valence-electron chi connectivity index (χ1n) is 8.61. The number of nitrogens with one attached hydrogen (secondary N) is 1. The molecule has 2 heterocycles. The molecular weight excluding hydrogens is 350 g/mol. The first-order valence-corrected chi connectivity index (χ1v) is 9.43. The monoisotopic (exact) mass is 371 g/mol. The van der Waals surface area contributed by atoms with Crippen LogP contribution in [0.2, 0.25) is 0 Å². The average Bonchev–Trinajstić information content (AvgIpc) is 3.07. The molecule has 0 unspecified atom stereocenters. The van der Waals surface area contributed by atoms with Crippen molar-refractivity contribution in [1.82, 2.24) is 19.7 Å². The number of anilines is 1. The summed E-state index contributed by atoms with van der Waals surface area (Å²) in [6.07, 6.45) is 3.38. The van der Waals surface area contributed by atoms with E-state index in [0.29, 0.717) is 22.0 Å². The minimum absolute atomic E-state index is 0.115. The van der Waals surface area contributed by atoms with Crippen LogP contribution in [0.4, 0.5) is 5.13 Å². The number of carbonyl (C=O) groups excluding carboxylic acids is 1. The van der Waals surface area contributed by atoms with Gasteiger partial charge in [0, 0.05) is 5.92 Å². The predicted octanol–water partition coefficient (Wildman–Crippen LogP) is 3.10. The van der Waals surface area contributed by atoms with Gasteiger partial charge in [0.25, 0.3) is 5.56 Å². The molecule has 136 valence electrons. The Morgan fingerprint density at radius 1 is 1.27 bits per heavy atom. The second-order valence-corrected chi connectivity index (χ2v) is 7.16. The van der Waals surface area contributed by atoms with Crippen molar-refractivity contribution in [3.05, 3.63) is 45.5 Å². The van der Waals surface area contributed by atoms with Crippen LogP contribution in [0, 0.1) is 6.92 Å². The molecule has 1 N–H and O–H groups in total. The van der Waals surface area contributed by atoms with Gasteiger partial charge >= 0.3 is 0 Å². The van der Waals surface area contributed by atoms with Gasteiger partial charge in [0.15, 0.2) is 0 Å². The highest BCUT2D eigenvalue weighted by Gasteiger charge is 2.15. The van der Waals surface area contributed by atoms with Crippen molar-refractivity contribution in [3.63, 3.8) is 0 Å². The molecule has 0 aliphatic carbocycles. The fourth-order valence-electron chi connectivity index (χ4n) is 2.85. The fraction of sp³-hybridized carbons (Fsp3) is 0.389. The Morgan fingerprint density at radius 2 is 2.04 bits per heavy atom. The molecular formula is C18H21N5O2S. The van der Waals surface area contributed by atoms with E-state index in [1.807, 2.05) is 19.1 Å². The molecule has 26 heavy (non-hydrogen) atoms. The van der Waals surface area contributed by atoms with Crippen LogP contribution >= 0.6 is 11.3 Å². The van der Waals surface area contributed by atoms with Crippen LogP contribution in [-0.2, 0) is 11.3 Å². The Labute approximate surface area is 155 Å². The summed E-state index contributed by atoms with van der Waals surface area (Å²) >= 11 is 1.38. The predicted molar refractivity (Wildman–Crippen MR) is 103 cm³/mol. The first kappa shape index (κ1) is 18.2. The quantitative estimate of drug-likeness (QED) is 0.719. The van der Waals surface area contributed by atoms with Gasteiger partial charge in [-0.25, -0.2) is 4.98 Å². The molecule has 3 rings (SSSR count). The Kier molecular flexibility index (Phi) is 5.41. The lowest BCUT2D eigenvalue weighted by Gasteiger charge is -2.07. The van der Waals surface area contributed by atoms with Gasteiger partial charge in [0.1, 0.15) is 11.6 Å². The highest BCUT2D eigenvalue weighted by atomic mass is 32.1. The zero-order valence-corrected chi connectivity index (χ0v) is 15.8. The van der Waals surface area contributed by atoms with Gasteiger partial charge in [-0.1, -0.05) is 37.3 Å². The molecule has 8 heteroatoms. The van der Waals surface area contributed by atoms with Crippen molar-refractivity contribution in [2.75, 3.05) is 5.32 Å². The van der Waals surface area contributed by atoms with Crippen LogP contribution in [0.15, 0.2) is 29.3 Å². The number of nitrogens with zero attached hydrogens (tertiary/aromatic N) is 4. The maximum atomic E-state index is 12.6. The summed E-state index contributed by atoms with van der Waals surface area (Å²) < 4.78 is 1.31. The molecule has 0 radical (unpaired) electrons. The molecule has 0 fully saturated rings. The molecule has 1 aromatic carbocycles. The van der Waals surface area contributed by atoms with Crippen LogP contribution in [-0.4, -0.2) is 25.7 Å². The Morgan fingerprint density at radius 3 is 2.77 bits per heavy atom. The molecule has 0 aliphatic heterocycles. The lowest BCUT2D eigenvalue weighted by Crippen LogP contribution is -2.28. The highest BCUT2D eigenvalue weighted by Crippen LogP contribution is 2.27. The number of para-hydroxylation sites is 1. The summed E-state index contributed by atoms with van der Waals surface area (Å²) in [5.74, 6) is 0.0295. The van der Waals surface area contributed by atoms with Crippen molar-refractivity contribution in [2.24, 2.45) is 0 Å². The standard InChI is InChI=1S/C18H21N5O2S/c1-4-12(5-2)16-21-22-18(26-16)20-14(24)9-23-10-19-15-11(3)7-6-8-13(15)17(23)25/h6-8,10,12H,4-5,9H2,1-3H3,(H,20,22,24). The van der Waals surface area contributed by atoms with E-state index in [1.165, 1.54) is 22.2 Å². The molecule has 0 saturated carbocycles. The number of aryl methyl sites for hydroxylation is 1. The van der Waals surface area contributed by atoms with Gasteiger partial charge < -0.3 is 0 Å². The van der Waals surface area contributed by atoms with Crippen LogP contribution in [0.1, 0.15) is 43.2 Å². The van der Waals surface area contributed by atoms with Crippen LogP contribution in [0.25, 0.3) is 10.9 Å². The molecule has 0 spiro atoms. The highest BCUT2D eigenvalue weighted by molar-refractivity contribution is 7.15. The van der Waals surface area contributed by atoms with Gasteiger partial charge in [-0.3, -0.25) is 19.5 Å². The summed E-state index contributed by atoms with van der Waals surface area (Å²) in [6, 6.07) is 5.43. The van der Waals surface area contributed by atoms with E-state index in [2.05, 4.69) is 34.3 Å². The van der Waals surface area contributed by atoms with E-state index in [0.717, 1.165) is 23.4 Å². The number of amides is 1. The normalized spacial score (nSPS) is 11.2. The largest absolute Gasteiger partial charge is 0.299 e. The number of rotatable bonds is 6. The summed E-state index contributed by atoms with van der Waals surface area (Å²) in [4.78, 5) is 29.2. The van der Waals surface area contributed by atoms with Crippen LogP contribution in [0.3, 0.4) is 0 Å². The number of hydrogen-bond acceptors (Lipinski definition) is 6. The third-order valence-corrected chi connectivity index (χ3v) is 5.39. The lowest BCUT2D eigenvalue weighted by molar-refractivity contribution is -0.116. The number of benzene rings is 1. The van der Waals surface area contributed by atoms with E-state index >= 15 is 0 Å². The molecule has 0 aliphatic rings. The third kappa shape index (κ3) is 3.65. The lowest BCUT2D eigenvalue weighted by atomic mass is 10.1. The maximum absolute atomic E-state index is 12.6. The Hall–Kier alpha value is -2.61. The van der Waals surface area contributed by atoms with Gasteiger partial charge in [0.2, 0.25) is 11.0 Å². The third-order valence-electron chi connectivity index (χ3n) is 4.39. The minimum atomic E-state index is -0.326. The van der Waals surface area contributed by atoms with Crippen LogP contribution in [0.5, 0.6) is 0 Å². The van der Waals surface area contributed by atoms with Crippen molar-refractivity contribution in [1.29, 1.82) is 0 Å². The van der Waals surface area contributed by atoms with Crippen molar-refractivity contribution >= 4 is 33.3 Å². The SMILES string of the molecule is CCC(CC)c1nnc(NC(=O)Cn2cnc3c(C)cccc3c2=O)s1. The van der Waals surface area contributed by atoms with E-state index in [9.17, 15) is 9.59 Å². The Bertz CT molecular complexity index is 991. The summed E-state index contributed by atoms with van der Waals surface area (Å²) in [5, 5.41) is 12.8. The number of hydrogen-bond donors (Lipinski definition) is 1. The molecule has 0 atom stereocenters. The second-order valence-electron chi connectivity index (χ2n) is 6.16. The van der Waals surface area contributed by atoms with Gasteiger partial charge in [0.05, 0.1) is 17.2 Å². The van der Waals surface area contributed by atoms with E-state index in [4.69, 9.17) is 0 Å². The van der Waals surface area contributed by atoms with Crippen LogP contribution < -0.4 is 10.9 Å². The number of aromatic nitrogens is 4. The molecule has 1 amide bonds. The Balaban J connectivity index is 1.76. The van der Waals surface area contributed by atoms with E-state index in [1.54, 1.807) is 6.07 Å². The average molecular weight is 371 g/mol. The molecule has 7 nitrogen and oxygen atoms in total. The van der Waals surface area contributed by atoms with Gasteiger partial charge in [-0.05, 0) is 31.4 Å². The summed E-state index contributed by atoms with van der Waals surface area (Å²) in [5.41, 5.74) is 1.36. The first-order chi connectivity index (χ1) is 12.5. The summed E-state index contributed by atoms with van der Waals surface area (Å²) in [7, 11) is 0. The van der Waals surface area contributed by atoms with E-state index < -0.39 is 0 Å². The van der Waals surface area contributed by atoms with Gasteiger partial charge in [-0.2, -0.15) is 0 Å². The maximum Gasteiger partial charge on any atom is 0.261 e. The molecule has 3 aromatic rings. The topological polar surface area (TPSA) is 89.8 Å². The van der Waals surface area contributed by atoms with Crippen molar-refractivity contribution < 1.29 is 4.79 Å². The second kappa shape index (κ2) is 7.74. The number of carbonyl (C=O) groups is 1. The minimum Gasteiger partial charge on any atom is -0.299 e. The van der Waals surface area contributed by atoms with Gasteiger partial charge in [-0.15, -0.1) is 10.2 Å². The number of fused-ring (bicyclic) bond motifs is 1. The summed E-state index contributed by atoms with van der Waals surface area (Å²) in [6.45, 7) is 6.00. The zero-order valence-electron chi connectivity index (χ0n) is 15.0. The molecule has 2 aromatic heterocycles. The molecule has 0 bridgehead atoms. The van der Waals surface area contributed by atoms with E-state index in [-0.39, 0.29) is 18.0 Å². The zero-order chi connectivity index (χ0) is 18.7.